The molecule has 0 nitrogen and oxygen atoms in total. The summed E-state index contributed by atoms with van der Waals surface area (Å²) in [5, 5.41) is 10.9. The quantitative estimate of drug-likeness (QED) is 0.118. The number of benzene rings is 4. The molecule has 5 aromatic rings. The minimum atomic E-state index is -1.32. The molecule has 0 bridgehead atoms. The molecule has 0 heterocycles. The normalized spacial score (nSPS) is 15.6. The Morgan fingerprint density at radius 1 is 0.536 bits per heavy atom. The Labute approximate surface area is 362 Å². The van der Waals surface area contributed by atoms with Gasteiger partial charge in [0, 0.05) is 16.1 Å². The molecule has 1 unspecified atom stereocenters. The summed E-state index contributed by atoms with van der Waals surface area (Å²) in [6.45, 7) is 44.1. The third kappa shape index (κ3) is 11.5. The molecule has 0 aromatic heterocycles. The number of hydrogen-bond donors (Lipinski definition) is 0. The van der Waals surface area contributed by atoms with E-state index in [9.17, 15) is 0 Å². The monoisotopic (exact) mass is 886 g/mol. The summed E-state index contributed by atoms with van der Waals surface area (Å²) in [5.74, 6) is 0. The second-order valence-electron chi connectivity index (χ2n) is 22.2. The van der Waals surface area contributed by atoms with Crippen molar-refractivity contribution in [3.63, 3.8) is 0 Å². The second-order valence-corrected chi connectivity index (χ2v) is 43.8. The minimum absolute atomic E-state index is 0.203. The van der Waals surface area contributed by atoms with Crippen molar-refractivity contribution in [3.05, 3.63) is 147 Å². The van der Waals surface area contributed by atoms with Crippen LogP contribution in [0.25, 0.3) is 21.5 Å². The molecule has 0 saturated heterocycles. The Balaban J connectivity index is 0.000000190. The van der Waals surface area contributed by atoms with Crippen molar-refractivity contribution in [1.82, 2.24) is 0 Å². The average molecular weight is 889 g/mol. The fourth-order valence-corrected chi connectivity index (χ4v) is 22.7. The van der Waals surface area contributed by atoms with Gasteiger partial charge in [0.15, 0.2) is 0 Å². The first-order valence-electron chi connectivity index (χ1n) is 20.7. The molecular formula is C51H72Si4Zr. The van der Waals surface area contributed by atoms with Crippen LogP contribution in [0.15, 0.2) is 119 Å². The molecule has 1 aliphatic rings. The first-order chi connectivity index (χ1) is 25.5. The number of allylic oxidation sites excluding steroid dienone is 4. The molecule has 56 heavy (non-hydrogen) atoms. The van der Waals surface area contributed by atoms with Crippen LogP contribution in [-0.2, 0) is 35.1 Å². The van der Waals surface area contributed by atoms with Crippen LogP contribution in [0.5, 0.6) is 0 Å². The van der Waals surface area contributed by atoms with Crippen LogP contribution < -0.4 is 0 Å². The number of hydrogen-bond acceptors (Lipinski definition) is 0. The van der Waals surface area contributed by atoms with Crippen LogP contribution in [0.4, 0.5) is 0 Å². The summed E-state index contributed by atoms with van der Waals surface area (Å²) in [4.78, 5) is 0. The molecular weight excluding hydrogens is 816 g/mol. The zero-order chi connectivity index (χ0) is 42.2. The fraction of sp³-hybridized carbons (Fsp3) is 0.412. The van der Waals surface area contributed by atoms with Crippen molar-refractivity contribution in [1.29, 1.82) is 0 Å². The molecule has 0 saturated carbocycles. The summed E-state index contributed by atoms with van der Waals surface area (Å²) >= 11 is 1.46. The summed E-state index contributed by atoms with van der Waals surface area (Å²) < 4.78 is 1.42. The molecule has 5 heteroatoms. The first-order valence-corrected chi connectivity index (χ1v) is 36.0. The molecule has 1 aliphatic carbocycles. The van der Waals surface area contributed by atoms with Gasteiger partial charge in [-0.1, -0.05) is 155 Å². The van der Waals surface area contributed by atoms with E-state index in [1.165, 1.54) is 71.2 Å². The van der Waals surface area contributed by atoms with Gasteiger partial charge in [0.2, 0.25) is 0 Å². The van der Waals surface area contributed by atoms with Crippen molar-refractivity contribution in [3.8, 4) is 0 Å². The maximum absolute atomic E-state index is 4.12. The van der Waals surface area contributed by atoms with E-state index in [-0.39, 0.29) is 10.8 Å². The molecule has 296 valence electrons. The number of rotatable bonds is 6. The summed E-state index contributed by atoms with van der Waals surface area (Å²) in [7, 11) is -5.18. The fourth-order valence-electron chi connectivity index (χ4n) is 7.73. The zero-order valence-corrected chi connectivity index (χ0v) is 44.9. The first kappa shape index (κ1) is 46.5. The Morgan fingerprint density at radius 2 is 0.929 bits per heavy atom. The SMILES string of the molecule is CC(C)(C)c1ccc2c(c1)[cH-]c1cc(C(C)(C)C)ccc12.C[Si](C)(C)C1=[C-]C([Si](C)(C)C)C([Si](C)(C)C)=C1[Si](C)(C)C.[Zr+2]=[C](c1ccccc1)c1ccccc1. The molecule has 0 fully saturated rings. The Hall–Kier alpha value is -2.15. The summed E-state index contributed by atoms with van der Waals surface area (Å²) in [6, 6.07) is 37.3. The molecule has 0 N–H and O–H groups in total. The van der Waals surface area contributed by atoms with Crippen molar-refractivity contribution in [2.45, 2.75) is 136 Å². The van der Waals surface area contributed by atoms with Gasteiger partial charge in [-0.2, -0.15) is 5.20 Å². The molecule has 5 aromatic carbocycles. The predicted molar refractivity (Wildman–Crippen MR) is 261 cm³/mol. The Kier molecular flexibility index (Phi) is 14.3. The van der Waals surface area contributed by atoms with Gasteiger partial charge in [-0.3, -0.25) is 6.08 Å². The third-order valence-electron chi connectivity index (χ3n) is 10.8. The van der Waals surface area contributed by atoms with E-state index >= 15 is 0 Å². The van der Waals surface area contributed by atoms with Crippen molar-refractivity contribution >= 4 is 57.0 Å². The molecule has 0 amide bonds. The zero-order valence-electron chi connectivity index (χ0n) is 38.4. The molecule has 6 rings (SSSR count). The standard InChI is InChI=1S/C21H25.C17H37Si4.C13H10.Zr/c1-20(2,3)16-7-9-18-14(12-16)11-15-13-17(21(4,5)6)8-10-19(15)18;1-18(2,3)14-13-15(19(4,5)6)17(21(10,11)12)16(14)20(7,8)9;1-3-7-12(8-4-1)11-13-9-5-2-6-10-13;/h7-13H,1-6H3;14H,1-12H3;1-10H;/q2*-1;;+2. The second kappa shape index (κ2) is 17.2. The van der Waals surface area contributed by atoms with E-state index in [0.717, 1.165) is 0 Å². The van der Waals surface area contributed by atoms with E-state index < -0.39 is 32.3 Å². The average Bonchev–Trinajstić information content (AvgIpc) is 3.69. The van der Waals surface area contributed by atoms with E-state index in [1.807, 2.05) is 10.4 Å². The topological polar surface area (TPSA) is 0 Å². The van der Waals surface area contributed by atoms with Gasteiger partial charge < -0.3 is 0 Å². The molecule has 0 radical (unpaired) electrons. The van der Waals surface area contributed by atoms with Crippen LogP contribution in [0.3, 0.4) is 0 Å². The van der Waals surface area contributed by atoms with E-state index in [4.69, 9.17) is 0 Å². The predicted octanol–water partition coefficient (Wildman–Crippen LogP) is 15.5. The Bertz CT molecular complexity index is 2080. The van der Waals surface area contributed by atoms with Gasteiger partial charge in [0.1, 0.15) is 0 Å². The van der Waals surface area contributed by atoms with Crippen LogP contribution in [-0.4, -0.2) is 35.5 Å². The van der Waals surface area contributed by atoms with Crippen LogP contribution in [0.1, 0.15) is 63.8 Å². The molecule has 0 aliphatic heterocycles. The van der Waals surface area contributed by atoms with Gasteiger partial charge in [0.25, 0.3) is 0 Å². The maximum atomic E-state index is 4.12. The van der Waals surface area contributed by atoms with Gasteiger partial charge in [-0.25, -0.2) is 10.4 Å². The molecule has 1 atom stereocenters. The van der Waals surface area contributed by atoms with Crippen molar-refractivity contribution in [2.75, 3.05) is 0 Å². The summed E-state index contributed by atoms with van der Waals surface area (Å²) in [5.41, 5.74) is 6.56. The van der Waals surface area contributed by atoms with E-state index in [0.29, 0.717) is 5.54 Å². The summed E-state index contributed by atoms with van der Waals surface area (Å²) in [6.07, 6.45) is 4.12. The van der Waals surface area contributed by atoms with E-state index in [1.54, 1.807) is 5.20 Å². The third-order valence-corrected chi connectivity index (χ3v) is 21.3. The number of fused-ring (bicyclic) bond motifs is 3. The van der Waals surface area contributed by atoms with Gasteiger partial charge >= 0.3 is 99.2 Å². The van der Waals surface area contributed by atoms with E-state index in [2.05, 4.69) is 229 Å². The van der Waals surface area contributed by atoms with Crippen LogP contribution >= 0.6 is 0 Å². The van der Waals surface area contributed by atoms with Crippen LogP contribution in [0.2, 0.25) is 84.1 Å². The van der Waals surface area contributed by atoms with Gasteiger partial charge in [-0.15, -0.1) is 45.3 Å². The molecule has 0 spiro atoms. The van der Waals surface area contributed by atoms with Crippen molar-refractivity contribution < 1.29 is 24.2 Å². The van der Waals surface area contributed by atoms with Crippen LogP contribution in [0, 0.1) is 6.08 Å². The Morgan fingerprint density at radius 3 is 1.23 bits per heavy atom. The van der Waals surface area contributed by atoms with Crippen molar-refractivity contribution in [2.24, 2.45) is 0 Å². The van der Waals surface area contributed by atoms with Gasteiger partial charge in [-0.05, 0) is 18.9 Å². The van der Waals surface area contributed by atoms with Gasteiger partial charge in [0.05, 0.1) is 8.07 Å².